The normalized spacial score (nSPS) is 18.5. The van der Waals surface area contributed by atoms with Crippen LogP contribution >= 0.6 is 0 Å². The Hall–Kier alpha value is -1.65. The van der Waals surface area contributed by atoms with Gasteiger partial charge in [0, 0.05) is 36.3 Å². The van der Waals surface area contributed by atoms with E-state index in [-0.39, 0.29) is 5.41 Å². The van der Waals surface area contributed by atoms with Crippen LogP contribution < -0.4 is 0 Å². The Balaban J connectivity index is 1.67. The monoisotopic (exact) mass is 285 g/mol. The molecule has 112 valence electrons. The lowest BCUT2D eigenvalue weighted by molar-refractivity contribution is -0.108. The number of hydrogen-bond acceptors (Lipinski definition) is 3. The van der Waals surface area contributed by atoms with Gasteiger partial charge in [0.25, 0.3) is 0 Å². The van der Waals surface area contributed by atoms with E-state index in [1.165, 1.54) is 11.3 Å². The Morgan fingerprint density at radius 2 is 1.90 bits per heavy atom. The van der Waals surface area contributed by atoms with Crippen LogP contribution in [-0.2, 0) is 17.6 Å². The zero-order chi connectivity index (χ0) is 15.1. The Labute approximate surface area is 125 Å². The van der Waals surface area contributed by atoms with Crippen LogP contribution in [-0.4, -0.2) is 33.3 Å². The number of rotatable bonds is 3. The quantitative estimate of drug-likeness (QED) is 0.910. The number of benzene rings is 1. The van der Waals surface area contributed by atoms with Crippen LogP contribution in [0.3, 0.4) is 0 Å². The molecule has 0 saturated carbocycles. The van der Waals surface area contributed by atoms with Gasteiger partial charge in [0.15, 0.2) is 0 Å². The van der Waals surface area contributed by atoms with E-state index in [0.29, 0.717) is 13.1 Å². The fourth-order valence-electron chi connectivity index (χ4n) is 3.06. The lowest BCUT2D eigenvalue weighted by Crippen LogP contribution is -2.58. The molecular formula is C17H23N3O. The average molecular weight is 285 g/mol. The van der Waals surface area contributed by atoms with E-state index in [4.69, 9.17) is 0 Å². The van der Waals surface area contributed by atoms with Crippen molar-refractivity contribution in [2.75, 3.05) is 13.1 Å². The van der Waals surface area contributed by atoms with Gasteiger partial charge < -0.3 is 5.11 Å². The van der Waals surface area contributed by atoms with Gasteiger partial charge in [-0.05, 0) is 5.56 Å². The number of aromatic amines is 1. The molecule has 2 N–H and O–H groups in total. The van der Waals surface area contributed by atoms with E-state index < -0.39 is 5.60 Å². The summed E-state index contributed by atoms with van der Waals surface area (Å²) in [5.74, 6) is 0. The number of likely N-dealkylation sites (tertiary alicyclic amines) is 1. The van der Waals surface area contributed by atoms with Crippen LogP contribution in [0.15, 0.2) is 36.5 Å². The van der Waals surface area contributed by atoms with Gasteiger partial charge in [-0.1, -0.05) is 51.1 Å². The van der Waals surface area contributed by atoms with Gasteiger partial charge in [-0.25, -0.2) is 0 Å². The van der Waals surface area contributed by atoms with Gasteiger partial charge in [-0.2, -0.15) is 5.10 Å². The Morgan fingerprint density at radius 3 is 2.52 bits per heavy atom. The Bertz CT molecular complexity index is 606. The van der Waals surface area contributed by atoms with Crippen LogP contribution in [0.25, 0.3) is 0 Å². The minimum Gasteiger partial charge on any atom is -0.382 e. The number of aromatic nitrogens is 2. The summed E-state index contributed by atoms with van der Waals surface area (Å²) in [6, 6.07) is 9.92. The summed E-state index contributed by atoms with van der Waals surface area (Å²) in [6.45, 7) is 8.72. The largest absolute Gasteiger partial charge is 0.382 e. The molecule has 1 aliphatic rings. The van der Waals surface area contributed by atoms with Gasteiger partial charge >= 0.3 is 0 Å². The van der Waals surface area contributed by atoms with E-state index in [2.05, 4.69) is 35.9 Å². The van der Waals surface area contributed by atoms with E-state index >= 15 is 0 Å². The molecule has 0 amide bonds. The second kappa shape index (κ2) is 4.97. The topological polar surface area (TPSA) is 52.2 Å². The van der Waals surface area contributed by atoms with Crippen LogP contribution in [0.5, 0.6) is 0 Å². The Morgan fingerprint density at radius 1 is 1.24 bits per heavy atom. The van der Waals surface area contributed by atoms with Gasteiger partial charge in [-0.3, -0.25) is 10.00 Å². The summed E-state index contributed by atoms with van der Waals surface area (Å²) in [6.07, 6.45) is 1.90. The van der Waals surface area contributed by atoms with E-state index in [1.54, 1.807) is 0 Å². The Kier molecular flexibility index (Phi) is 3.38. The van der Waals surface area contributed by atoms with Gasteiger partial charge in [0.05, 0.1) is 6.20 Å². The third-order valence-corrected chi connectivity index (χ3v) is 4.14. The highest BCUT2D eigenvalue weighted by Gasteiger charge is 2.42. The molecule has 1 aliphatic heterocycles. The van der Waals surface area contributed by atoms with Gasteiger partial charge in [0.2, 0.25) is 0 Å². The summed E-state index contributed by atoms with van der Waals surface area (Å²) in [7, 11) is 0. The minimum absolute atomic E-state index is 0.0619. The van der Waals surface area contributed by atoms with E-state index in [9.17, 15) is 5.11 Å². The molecule has 0 unspecified atom stereocenters. The molecule has 1 aromatic carbocycles. The highest BCUT2D eigenvalue weighted by molar-refractivity contribution is 5.28. The summed E-state index contributed by atoms with van der Waals surface area (Å²) >= 11 is 0. The van der Waals surface area contributed by atoms with Crippen molar-refractivity contribution in [2.24, 2.45) is 0 Å². The first-order valence-electron chi connectivity index (χ1n) is 7.41. The predicted molar refractivity (Wildman–Crippen MR) is 82.9 cm³/mol. The molecular weight excluding hydrogens is 262 g/mol. The molecule has 21 heavy (non-hydrogen) atoms. The van der Waals surface area contributed by atoms with Crippen molar-refractivity contribution in [3.63, 3.8) is 0 Å². The third kappa shape index (κ3) is 2.74. The fraction of sp³-hybridized carbons (Fsp3) is 0.471. The average Bonchev–Trinajstić information content (AvgIpc) is 2.86. The maximum Gasteiger partial charge on any atom is 0.115 e. The number of β-amino-alcohol motifs (C(OH)–C–C–N with tert-alkyl or cyclic N) is 1. The molecule has 0 atom stereocenters. The molecule has 0 radical (unpaired) electrons. The lowest BCUT2D eigenvalue weighted by Gasteiger charge is -2.47. The highest BCUT2D eigenvalue weighted by atomic mass is 16.3. The molecule has 1 aromatic heterocycles. The molecule has 4 nitrogen and oxygen atoms in total. The molecule has 1 fully saturated rings. The van der Waals surface area contributed by atoms with Crippen molar-refractivity contribution < 1.29 is 5.11 Å². The number of nitrogens with one attached hydrogen (secondary N) is 1. The van der Waals surface area contributed by atoms with Gasteiger partial charge in [0.1, 0.15) is 5.60 Å². The smallest absolute Gasteiger partial charge is 0.115 e. The molecule has 0 spiro atoms. The standard InChI is InChI=1S/C17H23N3O/c1-16(2,3)15-13(9-18-19-15)10-20-11-17(21,12-20)14-7-5-4-6-8-14/h4-9,21H,10-12H2,1-3H3,(H,18,19). The predicted octanol–water partition coefficient (Wildman–Crippen LogP) is 2.41. The zero-order valence-corrected chi connectivity index (χ0v) is 12.9. The molecule has 3 rings (SSSR count). The van der Waals surface area contributed by atoms with Gasteiger partial charge in [-0.15, -0.1) is 0 Å². The third-order valence-electron chi connectivity index (χ3n) is 4.14. The van der Waals surface area contributed by atoms with Crippen molar-refractivity contribution >= 4 is 0 Å². The maximum atomic E-state index is 10.6. The van der Waals surface area contributed by atoms with Crippen molar-refractivity contribution in [3.8, 4) is 0 Å². The number of H-pyrrole nitrogens is 1. The summed E-state index contributed by atoms with van der Waals surface area (Å²) in [5.41, 5.74) is 2.76. The van der Waals surface area contributed by atoms with E-state index in [1.807, 2.05) is 36.5 Å². The van der Waals surface area contributed by atoms with Crippen molar-refractivity contribution in [2.45, 2.75) is 38.3 Å². The molecule has 1 saturated heterocycles. The second-order valence-electron chi connectivity index (χ2n) is 7.06. The second-order valence-corrected chi connectivity index (χ2v) is 7.06. The summed E-state index contributed by atoms with van der Waals surface area (Å²) in [5, 5.41) is 17.9. The van der Waals surface area contributed by atoms with Crippen molar-refractivity contribution in [1.29, 1.82) is 0 Å². The number of nitrogens with zero attached hydrogens (tertiary/aromatic N) is 2. The minimum atomic E-state index is -0.701. The van der Waals surface area contributed by atoms with Crippen LogP contribution in [0.2, 0.25) is 0 Å². The molecule has 2 heterocycles. The first kappa shape index (κ1) is 14.3. The van der Waals surface area contributed by atoms with E-state index in [0.717, 1.165) is 12.1 Å². The number of aliphatic hydroxyl groups is 1. The van der Waals surface area contributed by atoms with Crippen LogP contribution in [0.4, 0.5) is 0 Å². The van der Waals surface area contributed by atoms with Crippen LogP contribution in [0.1, 0.15) is 37.6 Å². The first-order chi connectivity index (χ1) is 9.88. The maximum absolute atomic E-state index is 10.6. The molecule has 0 aliphatic carbocycles. The fourth-order valence-corrected chi connectivity index (χ4v) is 3.06. The van der Waals surface area contributed by atoms with Crippen molar-refractivity contribution in [3.05, 3.63) is 53.3 Å². The SMILES string of the molecule is CC(C)(C)c1[nH]ncc1CN1CC(O)(c2ccccc2)C1. The highest BCUT2D eigenvalue weighted by Crippen LogP contribution is 2.34. The first-order valence-corrected chi connectivity index (χ1v) is 7.41. The molecule has 4 heteroatoms. The molecule has 2 aromatic rings. The molecule has 0 bridgehead atoms. The number of hydrogen-bond donors (Lipinski definition) is 2. The lowest BCUT2D eigenvalue weighted by atomic mass is 9.85. The van der Waals surface area contributed by atoms with Crippen LogP contribution in [0, 0.1) is 0 Å². The van der Waals surface area contributed by atoms with Crippen molar-refractivity contribution in [1.82, 2.24) is 15.1 Å². The summed E-state index contributed by atoms with van der Waals surface area (Å²) < 4.78 is 0. The summed E-state index contributed by atoms with van der Waals surface area (Å²) in [4.78, 5) is 2.26. The zero-order valence-electron chi connectivity index (χ0n) is 12.9.